The van der Waals surface area contributed by atoms with Crippen molar-refractivity contribution >= 4 is 11.6 Å². The van der Waals surface area contributed by atoms with Crippen molar-refractivity contribution in [1.29, 1.82) is 0 Å². The molecule has 3 aromatic carbocycles. The van der Waals surface area contributed by atoms with Crippen molar-refractivity contribution in [2.75, 3.05) is 5.32 Å². The zero-order chi connectivity index (χ0) is 20.9. The maximum absolute atomic E-state index is 12.7. The van der Waals surface area contributed by atoms with Crippen LogP contribution in [0.25, 0.3) is 11.1 Å². The van der Waals surface area contributed by atoms with E-state index in [4.69, 9.17) is 0 Å². The Kier molecular flexibility index (Phi) is 5.76. The first-order valence-electron chi connectivity index (χ1n) is 10.2. The number of nitrogens with one attached hydrogen (secondary N) is 1. The van der Waals surface area contributed by atoms with Crippen molar-refractivity contribution in [3.63, 3.8) is 0 Å². The van der Waals surface area contributed by atoms with E-state index < -0.39 is 0 Å². The van der Waals surface area contributed by atoms with Crippen LogP contribution in [0.2, 0.25) is 0 Å². The van der Waals surface area contributed by atoms with Crippen LogP contribution in [0.1, 0.15) is 28.3 Å². The van der Waals surface area contributed by atoms with Gasteiger partial charge in [-0.15, -0.1) is 0 Å². The van der Waals surface area contributed by atoms with Crippen LogP contribution in [0.5, 0.6) is 0 Å². The van der Waals surface area contributed by atoms with Crippen molar-refractivity contribution < 1.29 is 4.79 Å². The minimum atomic E-state index is -0.104. The summed E-state index contributed by atoms with van der Waals surface area (Å²) >= 11 is 0. The van der Waals surface area contributed by atoms with Crippen molar-refractivity contribution in [3.8, 4) is 11.1 Å². The van der Waals surface area contributed by atoms with E-state index >= 15 is 0 Å². The second-order valence-corrected chi connectivity index (χ2v) is 7.58. The molecule has 0 bridgehead atoms. The summed E-state index contributed by atoms with van der Waals surface area (Å²) in [5.74, 6) is 0.927. The van der Waals surface area contributed by atoms with Crippen molar-refractivity contribution in [1.82, 2.24) is 0 Å². The summed E-state index contributed by atoms with van der Waals surface area (Å²) in [5.41, 5.74) is 6.11. The van der Waals surface area contributed by atoms with Gasteiger partial charge in [-0.25, -0.2) is 0 Å². The number of hydrogen-bond acceptors (Lipinski definition) is 1. The van der Waals surface area contributed by atoms with Crippen LogP contribution in [0, 0.1) is 5.92 Å². The smallest absolute Gasteiger partial charge is 0.255 e. The van der Waals surface area contributed by atoms with Gasteiger partial charge in [0.1, 0.15) is 0 Å². The molecule has 2 heteroatoms. The molecule has 1 saturated carbocycles. The molecule has 4 rings (SSSR count). The van der Waals surface area contributed by atoms with E-state index in [-0.39, 0.29) is 5.91 Å². The molecule has 1 fully saturated rings. The maximum atomic E-state index is 12.7. The topological polar surface area (TPSA) is 29.1 Å². The predicted octanol–water partition coefficient (Wildman–Crippen LogP) is 7.01. The van der Waals surface area contributed by atoms with Gasteiger partial charge in [0.25, 0.3) is 5.91 Å². The molecule has 1 amide bonds. The first kappa shape index (κ1) is 19.7. The average molecular weight is 392 g/mol. The first-order valence-corrected chi connectivity index (χ1v) is 10.2. The van der Waals surface area contributed by atoms with E-state index in [0.717, 1.165) is 23.2 Å². The Hall–Kier alpha value is -3.65. The Labute approximate surface area is 178 Å². The highest BCUT2D eigenvalue weighted by Gasteiger charge is 2.39. The maximum Gasteiger partial charge on any atom is 0.255 e. The molecule has 0 saturated heterocycles. The van der Waals surface area contributed by atoms with Crippen LogP contribution >= 0.6 is 0 Å². The molecule has 0 unspecified atom stereocenters. The molecule has 1 N–H and O–H groups in total. The SMILES string of the molecule is C=C/C=C(\C=C)[C@H]1C[C@H]1c1ccc(NC(=O)c2cccc(-c3ccccc3)c2)cc1. The number of anilines is 1. The molecule has 0 heterocycles. The van der Waals surface area contributed by atoms with Gasteiger partial charge < -0.3 is 5.32 Å². The molecule has 1 aliphatic carbocycles. The highest BCUT2D eigenvalue weighted by atomic mass is 16.1. The number of hydrogen-bond donors (Lipinski definition) is 1. The molecule has 0 aromatic heterocycles. The number of rotatable bonds is 7. The Morgan fingerprint density at radius 1 is 0.900 bits per heavy atom. The number of amides is 1. The number of carbonyl (C=O) groups excluding carboxylic acids is 1. The Morgan fingerprint density at radius 2 is 1.63 bits per heavy atom. The van der Waals surface area contributed by atoms with Crippen molar-refractivity contribution in [2.24, 2.45) is 5.92 Å². The van der Waals surface area contributed by atoms with Crippen molar-refractivity contribution in [3.05, 3.63) is 127 Å². The zero-order valence-electron chi connectivity index (χ0n) is 16.9. The highest BCUT2D eigenvalue weighted by Crippen LogP contribution is 2.52. The summed E-state index contributed by atoms with van der Waals surface area (Å²) in [7, 11) is 0. The van der Waals surface area contributed by atoms with Gasteiger partial charge in [0, 0.05) is 11.3 Å². The lowest BCUT2D eigenvalue weighted by atomic mass is 10.0. The summed E-state index contributed by atoms with van der Waals surface area (Å²) in [6.07, 6.45) is 6.90. The highest BCUT2D eigenvalue weighted by molar-refractivity contribution is 6.05. The fourth-order valence-electron chi connectivity index (χ4n) is 3.90. The van der Waals surface area contributed by atoms with Crippen LogP contribution in [0.3, 0.4) is 0 Å². The molecule has 2 nitrogen and oxygen atoms in total. The Morgan fingerprint density at radius 3 is 2.33 bits per heavy atom. The minimum Gasteiger partial charge on any atom is -0.322 e. The Balaban J connectivity index is 1.43. The molecule has 0 radical (unpaired) electrons. The summed E-state index contributed by atoms with van der Waals surface area (Å²) < 4.78 is 0. The molecule has 0 spiro atoms. The van der Waals surface area contributed by atoms with Gasteiger partial charge in [0.15, 0.2) is 0 Å². The van der Waals surface area contributed by atoms with Gasteiger partial charge in [0.2, 0.25) is 0 Å². The molecular formula is C28H25NO. The van der Waals surface area contributed by atoms with E-state index in [1.807, 2.05) is 85.0 Å². The minimum absolute atomic E-state index is 0.104. The fourth-order valence-corrected chi connectivity index (χ4v) is 3.90. The molecule has 1 aliphatic rings. The largest absolute Gasteiger partial charge is 0.322 e. The lowest BCUT2D eigenvalue weighted by Gasteiger charge is -2.09. The quantitative estimate of drug-likeness (QED) is 0.431. The van der Waals surface area contributed by atoms with E-state index in [2.05, 4.69) is 30.6 Å². The van der Waals surface area contributed by atoms with Gasteiger partial charge >= 0.3 is 0 Å². The van der Waals surface area contributed by atoms with Gasteiger partial charge in [-0.3, -0.25) is 4.79 Å². The molecule has 148 valence electrons. The second kappa shape index (κ2) is 8.79. The van der Waals surface area contributed by atoms with E-state index in [1.54, 1.807) is 0 Å². The van der Waals surface area contributed by atoms with Gasteiger partial charge in [-0.05, 0) is 64.8 Å². The third-order valence-electron chi connectivity index (χ3n) is 5.59. The normalized spacial score (nSPS) is 17.8. The third kappa shape index (κ3) is 4.33. The number of benzene rings is 3. The summed E-state index contributed by atoms with van der Waals surface area (Å²) in [6, 6.07) is 26.0. The molecular weight excluding hydrogens is 366 g/mol. The van der Waals surface area contributed by atoms with Gasteiger partial charge in [-0.2, -0.15) is 0 Å². The summed E-state index contributed by atoms with van der Waals surface area (Å²) in [5, 5.41) is 3.01. The lowest BCUT2D eigenvalue weighted by Crippen LogP contribution is -2.11. The van der Waals surface area contributed by atoms with Crippen LogP contribution in [0.4, 0.5) is 5.69 Å². The van der Waals surface area contributed by atoms with Crippen LogP contribution in [-0.4, -0.2) is 5.91 Å². The van der Waals surface area contributed by atoms with Crippen LogP contribution in [-0.2, 0) is 0 Å². The number of allylic oxidation sites excluding steroid dienone is 4. The predicted molar refractivity (Wildman–Crippen MR) is 126 cm³/mol. The third-order valence-corrected chi connectivity index (χ3v) is 5.59. The standard InChI is InChI=1S/C28H25NO/c1-3-9-20(4-2)26-19-27(26)22-14-16-25(17-15-22)29-28(30)24-13-8-12-23(18-24)21-10-6-5-7-11-21/h3-18,26-27H,1-2,19H2,(H,29,30)/b20-9+/t26-,27+/m1/s1. The average Bonchev–Trinajstić information content (AvgIpc) is 3.59. The van der Waals surface area contributed by atoms with Crippen molar-refractivity contribution in [2.45, 2.75) is 12.3 Å². The summed E-state index contributed by atoms with van der Waals surface area (Å²) in [4.78, 5) is 12.7. The summed E-state index contributed by atoms with van der Waals surface area (Å²) in [6.45, 7) is 7.69. The fraction of sp³-hybridized carbons (Fsp3) is 0.107. The molecule has 2 atom stereocenters. The lowest BCUT2D eigenvalue weighted by molar-refractivity contribution is 0.102. The van der Waals surface area contributed by atoms with E-state index in [0.29, 0.717) is 17.4 Å². The zero-order valence-corrected chi connectivity index (χ0v) is 16.9. The van der Waals surface area contributed by atoms with E-state index in [1.165, 1.54) is 11.1 Å². The van der Waals surface area contributed by atoms with E-state index in [9.17, 15) is 4.79 Å². The second-order valence-electron chi connectivity index (χ2n) is 7.58. The number of carbonyl (C=O) groups is 1. The van der Waals surface area contributed by atoms with Gasteiger partial charge in [0.05, 0.1) is 0 Å². The molecule has 30 heavy (non-hydrogen) atoms. The first-order chi connectivity index (χ1) is 14.7. The molecule has 0 aliphatic heterocycles. The van der Waals surface area contributed by atoms with Crippen LogP contribution < -0.4 is 5.32 Å². The molecule has 3 aromatic rings. The van der Waals surface area contributed by atoms with Gasteiger partial charge in [-0.1, -0.05) is 86.0 Å². The monoisotopic (exact) mass is 391 g/mol. The Bertz CT molecular complexity index is 1090. The van der Waals surface area contributed by atoms with Crippen LogP contribution in [0.15, 0.2) is 116 Å².